The van der Waals surface area contributed by atoms with Crippen LogP contribution in [0.25, 0.3) is 0 Å². The molecule has 0 aliphatic carbocycles. The molecule has 0 fully saturated rings. The van der Waals surface area contributed by atoms with E-state index in [1.54, 1.807) is 0 Å². The van der Waals surface area contributed by atoms with E-state index in [9.17, 15) is 12.8 Å². The summed E-state index contributed by atoms with van der Waals surface area (Å²) in [5.41, 5.74) is 0.849. The molecule has 0 aromatic heterocycles. The van der Waals surface area contributed by atoms with Gasteiger partial charge >= 0.3 is 0 Å². The van der Waals surface area contributed by atoms with Gasteiger partial charge in [-0.25, -0.2) is 17.9 Å². The molecule has 0 aliphatic rings. The van der Waals surface area contributed by atoms with Crippen LogP contribution in [-0.2, 0) is 16.6 Å². The van der Waals surface area contributed by atoms with E-state index in [2.05, 4.69) is 15.9 Å². The van der Waals surface area contributed by atoms with E-state index < -0.39 is 15.8 Å². The molecule has 4 nitrogen and oxygen atoms in total. The molecule has 0 bridgehead atoms. The van der Waals surface area contributed by atoms with Crippen LogP contribution in [0.5, 0.6) is 5.75 Å². The van der Waals surface area contributed by atoms with E-state index >= 15 is 0 Å². The summed E-state index contributed by atoms with van der Waals surface area (Å²) >= 11 is 3.36. The summed E-state index contributed by atoms with van der Waals surface area (Å²) in [6.07, 6.45) is 0. The average molecular weight is 360 g/mol. The first-order valence-corrected chi connectivity index (χ1v) is 7.90. The summed E-state index contributed by atoms with van der Waals surface area (Å²) in [7, 11) is -3.92. The molecule has 2 N–H and O–H groups in total. The average Bonchev–Trinajstić information content (AvgIpc) is 2.38. The van der Waals surface area contributed by atoms with Gasteiger partial charge in [0.15, 0.2) is 11.6 Å². The van der Waals surface area contributed by atoms with Gasteiger partial charge in [0.2, 0.25) is 10.0 Å². The van der Waals surface area contributed by atoms with E-state index in [1.807, 2.05) is 24.3 Å². The molecule has 0 atom stereocenters. The van der Waals surface area contributed by atoms with E-state index in [4.69, 9.17) is 9.88 Å². The highest BCUT2D eigenvalue weighted by molar-refractivity contribution is 9.10. The molecule has 0 amide bonds. The number of primary sulfonamides is 1. The third kappa shape index (κ3) is 3.56. The van der Waals surface area contributed by atoms with Gasteiger partial charge in [-0.2, -0.15) is 0 Å². The number of hydrogen-bond donors (Lipinski definition) is 1. The van der Waals surface area contributed by atoms with E-state index in [1.165, 1.54) is 12.1 Å². The lowest BCUT2D eigenvalue weighted by Crippen LogP contribution is -2.12. The summed E-state index contributed by atoms with van der Waals surface area (Å²) in [6.45, 7) is 0.160. The van der Waals surface area contributed by atoms with Crippen molar-refractivity contribution >= 4 is 26.0 Å². The van der Waals surface area contributed by atoms with Crippen molar-refractivity contribution in [3.63, 3.8) is 0 Å². The SMILES string of the molecule is NS(=O)(=O)c1ccc(OCc2ccccc2Br)c(F)c1. The van der Waals surface area contributed by atoms with Crippen LogP contribution >= 0.6 is 15.9 Å². The van der Waals surface area contributed by atoms with E-state index in [0.29, 0.717) is 0 Å². The quantitative estimate of drug-likeness (QED) is 0.912. The molecule has 0 heterocycles. The summed E-state index contributed by atoms with van der Waals surface area (Å²) in [6, 6.07) is 10.7. The summed E-state index contributed by atoms with van der Waals surface area (Å²) in [4.78, 5) is -0.289. The van der Waals surface area contributed by atoms with Gasteiger partial charge in [-0.1, -0.05) is 34.1 Å². The van der Waals surface area contributed by atoms with Crippen molar-refractivity contribution < 1.29 is 17.5 Å². The number of halogens is 2. The second kappa shape index (κ2) is 5.90. The second-order valence-electron chi connectivity index (χ2n) is 4.02. The lowest BCUT2D eigenvalue weighted by molar-refractivity contribution is 0.289. The second-order valence-corrected chi connectivity index (χ2v) is 6.43. The van der Waals surface area contributed by atoms with E-state index in [-0.39, 0.29) is 17.3 Å². The molecule has 2 aromatic carbocycles. The van der Waals surface area contributed by atoms with Crippen molar-refractivity contribution in [2.24, 2.45) is 5.14 Å². The molecule has 20 heavy (non-hydrogen) atoms. The Bertz CT molecular complexity index is 734. The van der Waals surface area contributed by atoms with Gasteiger partial charge in [0.25, 0.3) is 0 Å². The van der Waals surface area contributed by atoms with Crippen LogP contribution in [0.15, 0.2) is 51.8 Å². The Hall–Kier alpha value is -1.44. The summed E-state index contributed by atoms with van der Waals surface area (Å²) < 4.78 is 42.1. The molecule has 2 rings (SSSR count). The molecule has 0 radical (unpaired) electrons. The van der Waals surface area contributed by atoms with Crippen molar-refractivity contribution in [3.05, 3.63) is 58.3 Å². The maximum absolute atomic E-state index is 13.7. The maximum atomic E-state index is 13.7. The Morgan fingerprint density at radius 1 is 1.20 bits per heavy atom. The Kier molecular flexibility index (Phi) is 4.42. The molecular weight excluding hydrogens is 349 g/mol. The van der Waals surface area contributed by atoms with Crippen molar-refractivity contribution in [2.75, 3.05) is 0 Å². The molecule has 2 aromatic rings. The zero-order chi connectivity index (χ0) is 14.8. The summed E-state index contributed by atoms with van der Waals surface area (Å²) in [5, 5.41) is 4.92. The fraction of sp³-hybridized carbons (Fsp3) is 0.0769. The lowest BCUT2D eigenvalue weighted by atomic mass is 10.2. The van der Waals surface area contributed by atoms with Crippen molar-refractivity contribution in [2.45, 2.75) is 11.5 Å². The van der Waals surface area contributed by atoms with Crippen molar-refractivity contribution in [1.82, 2.24) is 0 Å². The van der Waals surface area contributed by atoms with Crippen LogP contribution < -0.4 is 9.88 Å². The first-order valence-electron chi connectivity index (χ1n) is 5.56. The van der Waals surface area contributed by atoms with Gasteiger partial charge in [0, 0.05) is 10.0 Å². The van der Waals surface area contributed by atoms with Gasteiger partial charge in [-0.05, 0) is 24.3 Å². The fourth-order valence-electron chi connectivity index (χ4n) is 1.55. The predicted octanol–water partition coefficient (Wildman–Crippen LogP) is 2.81. The Labute approximate surface area is 124 Å². The highest BCUT2D eigenvalue weighted by atomic mass is 79.9. The minimum absolute atomic E-state index is 0.0341. The van der Waals surface area contributed by atoms with Gasteiger partial charge in [0.1, 0.15) is 6.61 Å². The van der Waals surface area contributed by atoms with Gasteiger partial charge in [0.05, 0.1) is 4.90 Å². The number of sulfonamides is 1. The zero-order valence-electron chi connectivity index (χ0n) is 10.2. The third-order valence-corrected chi connectivity index (χ3v) is 4.26. The topological polar surface area (TPSA) is 69.4 Å². The fourth-order valence-corrected chi connectivity index (χ4v) is 2.47. The number of rotatable bonds is 4. The Morgan fingerprint density at radius 3 is 2.50 bits per heavy atom. The zero-order valence-corrected chi connectivity index (χ0v) is 12.6. The first-order chi connectivity index (χ1) is 9.38. The smallest absolute Gasteiger partial charge is 0.238 e. The molecule has 0 unspecified atom stereocenters. The van der Waals surface area contributed by atoms with Crippen LogP contribution in [0, 0.1) is 5.82 Å². The van der Waals surface area contributed by atoms with Crippen LogP contribution in [0.3, 0.4) is 0 Å². The molecule has 106 valence electrons. The lowest BCUT2D eigenvalue weighted by Gasteiger charge is -2.09. The van der Waals surface area contributed by atoms with Crippen molar-refractivity contribution in [1.29, 1.82) is 0 Å². The Morgan fingerprint density at radius 2 is 1.90 bits per heavy atom. The maximum Gasteiger partial charge on any atom is 0.238 e. The predicted molar refractivity (Wildman–Crippen MR) is 76.2 cm³/mol. The third-order valence-electron chi connectivity index (χ3n) is 2.57. The van der Waals surface area contributed by atoms with Crippen LogP contribution in [0.1, 0.15) is 5.56 Å². The molecule has 0 saturated heterocycles. The number of ether oxygens (including phenoxy) is 1. The highest BCUT2D eigenvalue weighted by Crippen LogP contribution is 2.23. The first kappa shape index (κ1) is 15.0. The molecule has 7 heteroatoms. The normalized spacial score (nSPS) is 11.3. The van der Waals surface area contributed by atoms with Crippen molar-refractivity contribution in [3.8, 4) is 5.75 Å². The van der Waals surface area contributed by atoms with E-state index in [0.717, 1.165) is 16.1 Å². The standard InChI is InChI=1S/C13H11BrFNO3S/c14-11-4-2-1-3-9(11)8-19-13-6-5-10(7-12(13)15)20(16,17)18/h1-7H,8H2,(H2,16,17,18). The van der Waals surface area contributed by atoms with Crippen LogP contribution in [0.2, 0.25) is 0 Å². The highest BCUT2D eigenvalue weighted by Gasteiger charge is 2.12. The molecule has 0 spiro atoms. The van der Waals surface area contributed by atoms with Gasteiger partial charge in [-0.15, -0.1) is 0 Å². The monoisotopic (exact) mass is 359 g/mol. The molecule has 0 aliphatic heterocycles. The number of nitrogens with two attached hydrogens (primary N) is 1. The molecule has 0 saturated carbocycles. The van der Waals surface area contributed by atoms with Gasteiger partial charge in [-0.3, -0.25) is 0 Å². The molecular formula is C13H11BrFNO3S. The Balaban J connectivity index is 2.17. The van der Waals surface area contributed by atoms with Crippen LogP contribution in [-0.4, -0.2) is 8.42 Å². The number of hydrogen-bond acceptors (Lipinski definition) is 3. The largest absolute Gasteiger partial charge is 0.486 e. The minimum Gasteiger partial charge on any atom is -0.486 e. The number of benzene rings is 2. The minimum atomic E-state index is -3.92. The van der Waals surface area contributed by atoms with Gasteiger partial charge < -0.3 is 4.74 Å². The van der Waals surface area contributed by atoms with Crippen LogP contribution in [0.4, 0.5) is 4.39 Å². The summed E-state index contributed by atoms with van der Waals surface area (Å²) in [5.74, 6) is -0.809.